The molecule has 0 bridgehead atoms. The summed E-state index contributed by atoms with van der Waals surface area (Å²) in [7, 11) is 1.63. The van der Waals surface area contributed by atoms with Gasteiger partial charge in [0.2, 0.25) is 5.43 Å². The lowest BCUT2D eigenvalue weighted by atomic mass is 9.94. The van der Waals surface area contributed by atoms with Crippen molar-refractivity contribution in [2.45, 2.75) is 25.3 Å². The molecule has 1 N–H and O–H groups in total. The largest absolute Gasteiger partial charge is 0.502 e. The summed E-state index contributed by atoms with van der Waals surface area (Å²) >= 11 is 0. The SMILES string of the molecule is COCCCN1CN(C2c3ccccc3CCc3ccccc32)n2ccc(=O)c(O)c2C1=O. The number of aryl methyl sites for hydroxylation is 2. The molecule has 1 aliphatic heterocycles. The number of ether oxygens (including phenoxy) is 1. The lowest BCUT2D eigenvalue weighted by Crippen LogP contribution is -2.55. The predicted molar refractivity (Wildman–Crippen MR) is 125 cm³/mol. The predicted octanol–water partition coefficient (Wildman–Crippen LogP) is 2.83. The van der Waals surface area contributed by atoms with Crippen LogP contribution in [-0.2, 0) is 17.6 Å². The van der Waals surface area contributed by atoms with E-state index < -0.39 is 11.2 Å². The molecule has 0 radical (unpaired) electrons. The van der Waals surface area contributed by atoms with E-state index in [1.54, 1.807) is 22.9 Å². The van der Waals surface area contributed by atoms with Gasteiger partial charge in [-0.1, -0.05) is 48.5 Å². The van der Waals surface area contributed by atoms with Crippen LogP contribution in [0, 0.1) is 0 Å². The van der Waals surface area contributed by atoms with Crippen molar-refractivity contribution in [1.29, 1.82) is 0 Å². The van der Waals surface area contributed by atoms with Crippen LogP contribution in [0.1, 0.15) is 45.2 Å². The van der Waals surface area contributed by atoms with Crippen molar-refractivity contribution in [2.75, 3.05) is 31.9 Å². The zero-order valence-corrected chi connectivity index (χ0v) is 18.6. The van der Waals surface area contributed by atoms with E-state index in [-0.39, 0.29) is 17.6 Å². The van der Waals surface area contributed by atoms with Gasteiger partial charge >= 0.3 is 0 Å². The van der Waals surface area contributed by atoms with E-state index in [2.05, 4.69) is 41.4 Å². The molecule has 7 nitrogen and oxygen atoms in total. The van der Waals surface area contributed by atoms with Gasteiger partial charge in [-0.15, -0.1) is 0 Å². The molecule has 0 fully saturated rings. The summed E-state index contributed by atoms with van der Waals surface area (Å²) in [6, 6.07) is 17.9. The van der Waals surface area contributed by atoms with Gasteiger partial charge in [0.1, 0.15) is 6.67 Å². The van der Waals surface area contributed by atoms with Crippen LogP contribution in [0.3, 0.4) is 0 Å². The second-order valence-electron chi connectivity index (χ2n) is 8.52. The van der Waals surface area contributed by atoms with E-state index in [4.69, 9.17) is 4.74 Å². The van der Waals surface area contributed by atoms with Gasteiger partial charge in [-0.2, -0.15) is 0 Å². The maximum Gasteiger partial charge on any atom is 0.277 e. The Kier molecular flexibility index (Phi) is 5.64. The third-order valence-corrected chi connectivity index (χ3v) is 6.57. The number of rotatable bonds is 5. The first-order chi connectivity index (χ1) is 16.1. The van der Waals surface area contributed by atoms with Crippen LogP contribution in [-0.4, -0.2) is 47.5 Å². The first kappa shape index (κ1) is 21.3. The maximum absolute atomic E-state index is 13.3. The summed E-state index contributed by atoms with van der Waals surface area (Å²) < 4.78 is 6.84. The average molecular weight is 446 g/mol. The highest BCUT2D eigenvalue weighted by atomic mass is 16.5. The molecule has 170 valence electrons. The van der Waals surface area contributed by atoms with E-state index in [1.807, 2.05) is 12.1 Å². The Labute approximate surface area is 192 Å². The number of nitrogens with zero attached hydrogens (tertiary/aromatic N) is 3. The minimum atomic E-state index is -0.560. The molecule has 1 aliphatic carbocycles. The van der Waals surface area contributed by atoms with E-state index >= 15 is 0 Å². The fourth-order valence-corrected chi connectivity index (χ4v) is 4.98. The molecule has 1 amide bonds. The quantitative estimate of drug-likeness (QED) is 0.612. The molecule has 0 saturated carbocycles. The van der Waals surface area contributed by atoms with Gasteiger partial charge in [0, 0.05) is 32.5 Å². The van der Waals surface area contributed by atoms with Crippen LogP contribution >= 0.6 is 0 Å². The number of aromatic hydroxyl groups is 1. The number of amides is 1. The number of hydrogen-bond acceptors (Lipinski definition) is 5. The summed E-state index contributed by atoms with van der Waals surface area (Å²) in [5, 5.41) is 12.7. The Morgan fingerprint density at radius 3 is 2.24 bits per heavy atom. The Balaban J connectivity index is 1.70. The highest BCUT2D eigenvalue weighted by Crippen LogP contribution is 2.38. The van der Waals surface area contributed by atoms with E-state index in [0.29, 0.717) is 26.2 Å². The van der Waals surface area contributed by atoms with Gasteiger partial charge in [-0.25, -0.2) is 0 Å². The molecule has 5 rings (SSSR count). The van der Waals surface area contributed by atoms with Crippen molar-refractivity contribution in [3.8, 4) is 5.75 Å². The number of fused-ring (bicyclic) bond motifs is 3. The Morgan fingerprint density at radius 2 is 1.61 bits per heavy atom. The molecule has 0 unspecified atom stereocenters. The number of carbonyl (C=O) groups is 1. The molecule has 33 heavy (non-hydrogen) atoms. The normalized spacial score (nSPS) is 15.6. The highest BCUT2D eigenvalue weighted by molar-refractivity contribution is 5.96. The second-order valence-corrected chi connectivity index (χ2v) is 8.52. The number of hydrogen-bond donors (Lipinski definition) is 1. The summed E-state index contributed by atoms with van der Waals surface area (Å²) in [5.41, 5.74) is 4.29. The van der Waals surface area contributed by atoms with Crippen LogP contribution in [0.5, 0.6) is 5.75 Å². The van der Waals surface area contributed by atoms with Gasteiger partial charge in [0.25, 0.3) is 5.91 Å². The number of benzene rings is 2. The smallest absolute Gasteiger partial charge is 0.277 e. The van der Waals surface area contributed by atoms with Gasteiger partial charge in [-0.05, 0) is 41.5 Å². The number of carbonyl (C=O) groups excluding carboxylic acids is 1. The van der Waals surface area contributed by atoms with Crippen molar-refractivity contribution < 1.29 is 14.6 Å². The average Bonchev–Trinajstić information content (AvgIpc) is 3.00. The van der Waals surface area contributed by atoms with Crippen molar-refractivity contribution in [3.05, 3.63) is 99.0 Å². The monoisotopic (exact) mass is 445 g/mol. The Morgan fingerprint density at radius 1 is 0.970 bits per heavy atom. The molecular formula is C26H27N3O4. The van der Waals surface area contributed by atoms with Crippen LogP contribution in [0.25, 0.3) is 0 Å². The fourth-order valence-electron chi connectivity index (χ4n) is 4.98. The summed E-state index contributed by atoms with van der Waals surface area (Å²) in [6.07, 6.45) is 4.11. The van der Waals surface area contributed by atoms with Crippen molar-refractivity contribution in [3.63, 3.8) is 0 Å². The summed E-state index contributed by atoms with van der Waals surface area (Å²) in [4.78, 5) is 27.3. The molecule has 2 heterocycles. The number of aromatic nitrogens is 1. The zero-order chi connectivity index (χ0) is 22.9. The third kappa shape index (κ3) is 3.68. The van der Waals surface area contributed by atoms with E-state index in [1.165, 1.54) is 17.2 Å². The standard InChI is InChI=1S/C26H27N3O4/c1-33-16-6-14-27-17-29(28-15-13-22(30)25(31)24(28)26(27)32)23-20-9-4-2-7-18(20)11-12-19-8-3-5-10-21(19)23/h2-5,7-10,13,15,23,31H,6,11-12,14,16-17H2,1H3. The zero-order valence-electron chi connectivity index (χ0n) is 18.6. The number of pyridine rings is 1. The first-order valence-electron chi connectivity index (χ1n) is 11.3. The van der Waals surface area contributed by atoms with Gasteiger partial charge in [0.15, 0.2) is 11.4 Å². The summed E-state index contributed by atoms with van der Waals surface area (Å²) in [6.45, 7) is 1.30. The minimum Gasteiger partial charge on any atom is -0.502 e. The molecular weight excluding hydrogens is 418 g/mol. The molecule has 7 heteroatoms. The topological polar surface area (TPSA) is 75.0 Å². The molecule has 2 aliphatic rings. The van der Waals surface area contributed by atoms with Crippen molar-refractivity contribution in [2.24, 2.45) is 0 Å². The van der Waals surface area contributed by atoms with Crippen LogP contribution in [0.2, 0.25) is 0 Å². The molecule has 3 aromatic rings. The third-order valence-electron chi connectivity index (χ3n) is 6.57. The number of methoxy groups -OCH3 is 1. The molecule has 2 aromatic carbocycles. The van der Waals surface area contributed by atoms with Crippen LogP contribution < -0.4 is 10.4 Å². The lowest BCUT2D eigenvalue weighted by molar-refractivity contribution is 0.0659. The van der Waals surface area contributed by atoms with E-state index in [0.717, 1.165) is 24.0 Å². The lowest BCUT2D eigenvalue weighted by Gasteiger charge is -2.44. The molecule has 0 saturated heterocycles. The molecule has 0 atom stereocenters. The van der Waals surface area contributed by atoms with Crippen LogP contribution in [0.15, 0.2) is 65.6 Å². The maximum atomic E-state index is 13.3. The van der Waals surface area contributed by atoms with Crippen molar-refractivity contribution in [1.82, 2.24) is 9.58 Å². The Bertz CT molecular complexity index is 1200. The highest BCUT2D eigenvalue weighted by Gasteiger charge is 2.38. The van der Waals surface area contributed by atoms with E-state index in [9.17, 15) is 14.7 Å². The Hall–Kier alpha value is -3.58. The summed E-state index contributed by atoms with van der Waals surface area (Å²) in [5.74, 6) is -0.869. The second kappa shape index (κ2) is 8.75. The fraction of sp³-hybridized carbons (Fsp3) is 0.308. The van der Waals surface area contributed by atoms with Crippen LogP contribution in [0.4, 0.5) is 0 Å². The van der Waals surface area contributed by atoms with Crippen molar-refractivity contribution >= 4 is 5.91 Å². The van der Waals surface area contributed by atoms with Gasteiger partial charge < -0.3 is 14.7 Å². The van der Waals surface area contributed by atoms with Gasteiger partial charge in [0.05, 0.1) is 6.04 Å². The molecule has 0 spiro atoms. The first-order valence-corrected chi connectivity index (χ1v) is 11.3. The van der Waals surface area contributed by atoms with Gasteiger partial charge in [-0.3, -0.25) is 19.3 Å². The molecule has 1 aromatic heterocycles. The minimum absolute atomic E-state index is 0.00498.